The average molecular weight is 522 g/mol. The quantitative estimate of drug-likeness (QED) is 0.602. The smallest absolute Gasteiger partial charge is 0.261 e. The van der Waals surface area contributed by atoms with Gasteiger partial charge in [0.05, 0.1) is 28.3 Å². The van der Waals surface area contributed by atoms with E-state index in [1.165, 1.54) is 25.7 Å². The Morgan fingerprint density at radius 2 is 1.88 bits per heavy atom. The molecule has 7 nitrogen and oxygen atoms in total. The van der Waals surface area contributed by atoms with Gasteiger partial charge in [0, 0.05) is 25.7 Å². The second-order valence-electron chi connectivity index (χ2n) is 9.42. The molecule has 2 heterocycles. The Bertz CT molecular complexity index is 923. The van der Waals surface area contributed by atoms with Gasteiger partial charge < -0.3 is 9.64 Å². The van der Waals surface area contributed by atoms with Crippen LogP contribution in [0.1, 0.15) is 50.5 Å². The third-order valence-corrected chi connectivity index (χ3v) is 7.68. The van der Waals surface area contributed by atoms with Gasteiger partial charge in [-0.1, -0.05) is 29.3 Å². The molecule has 33 heavy (non-hydrogen) atoms. The lowest BCUT2D eigenvalue weighted by atomic mass is 9.76. The van der Waals surface area contributed by atoms with Gasteiger partial charge in [-0.05, 0) is 75.7 Å². The minimum Gasteiger partial charge on any atom is -0.375 e. The van der Waals surface area contributed by atoms with Crippen molar-refractivity contribution in [2.75, 3.05) is 33.0 Å². The average Bonchev–Trinajstić information content (AvgIpc) is 3.42. The van der Waals surface area contributed by atoms with Gasteiger partial charge in [-0.2, -0.15) is 8.42 Å². The number of nitrogens with zero attached hydrogens (tertiary/aromatic N) is 2. The standard InChI is InChI=1S/C22H30Cl2N2O2.CH4O3S/c1-25(21(27)14-16-5-6-17(23)18(24)13-16)19-7-9-22(8-4-12-28-22)15-20(19)26-10-2-3-11-26;1-5(2,3)4/h5-6,13,19-20H,2-4,7-12,14-15H2,1H3;1H3,(H,2,3,4)/t19-,20-,22-;/m0./s1. The van der Waals surface area contributed by atoms with Crippen molar-refractivity contribution < 1.29 is 22.5 Å². The molecule has 3 atom stereocenters. The largest absolute Gasteiger partial charge is 0.375 e. The fourth-order valence-electron chi connectivity index (χ4n) is 5.37. The van der Waals surface area contributed by atoms with Crippen LogP contribution < -0.4 is 0 Å². The van der Waals surface area contributed by atoms with Crippen LogP contribution in [-0.2, 0) is 26.1 Å². The normalized spacial score (nSPS) is 27.9. The molecule has 1 N–H and O–H groups in total. The van der Waals surface area contributed by atoms with Gasteiger partial charge in [0.25, 0.3) is 10.1 Å². The Labute approximate surface area is 207 Å². The Morgan fingerprint density at radius 1 is 1.21 bits per heavy atom. The lowest BCUT2D eigenvalue weighted by Crippen LogP contribution is -2.58. The lowest BCUT2D eigenvalue weighted by Gasteiger charge is -2.48. The maximum Gasteiger partial charge on any atom is 0.261 e. The first-order valence-electron chi connectivity index (χ1n) is 11.5. The van der Waals surface area contributed by atoms with Crippen molar-refractivity contribution in [1.29, 1.82) is 0 Å². The number of benzene rings is 1. The van der Waals surface area contributed by atoms with Crippen LogP contribution in [0.3, 0.4) is 0 Å². The zero-order chi connectivity index (χ0) is 24.2. The predicted octanol–water partition coefficient (Wildman–Crippen LogP) is 4.06. The van der Waals surface area contributed by atoms with Crippen molar-refractivity contribution in [3.8, 4) is 0 Å². The zero-order valence-electron chi connectivity index (χ0n) is 19.3. The van der Waals surface area contributed by atoms with Crippen LogP contribution in [0.15, 0.2) is 18.2 Å². The van der Waals surface area contributed by atoms with E-state index in [-0.39, 0.29) is 17.6 Å². The first-order chi connectivity index (χ1) is 15.5. The molecular weight excluding hydrogens is 487 g/mol. The fourth-order valence-corrected chi connectivity index (χ4v) is 5.69. The van der Waals surface area contributed by atoms with Crippen LogP contribution >= 0.6 is 23.2 Å². The molecule has 0 bridgehead atoms. The summed E-state index contributed by atoms with van der Waals surface area (Å²) in [5.41, 5.74) is 0.965. The molecule has 0 radical (unpaired) electrons. The van der Waals surface area contributed by atoms with Crippen LogP contribution in [0.4, 0.5) is 0 Å². The molecule has 1 amide bonds. The van der Waals surface area contributed by atoms with E-state index >= 15 is 0 Å². The van der Waals surface area contributed by atoms with E-state index < -0.39 is 10.1 Å². The monoisotopic (exact) mass is 520 g/mol. The zero-order valence-corrected chi connectivity index (χ0v) is 21.6. The van der Waals surface area contributed by atoms with Crippen molar-refractivity contribution in [3.63, 3.8) is 0 Å². The molecule has 186 valence electrons. The summed E-state index contributed by atoms with van der Waals surface area (Å²) < 4.78 is 32.1. The summed E-state index contributed by atoms with van der Waals surface area (Å²) in [6, 6.07) is 6.11. The van der Waals surface area contributed by atoms with Crippen LogP contribution in [-0.4, -0.2) is 79.4 Å². The number of likely N-dealkylation sites (tertiary alicyclic amines) is 1. The van der Waals surface area contributed by atoms with Crippen LogP contribution in [0.25, 0.3) is 0 Å². The molecule has 1 spiro atoms. The summed E-state index contributed by atoms with van der Waals surface area (Å²) in [7, 11) is -1.69. The topological polar surface area (TPSA) is 87.2 Å². The lowest BCUT2D eigenvalue weighted by molar-refractivity contribution is -0.136. The first kappa shape index (κ1) is 26.7. The minimum absolute atomic E-state index is 0.0529. The summed E-state index contributed by atoms with van der Waals surface area (Å²) in [5, 5.41) is 1.03. The van der Waals surface area contributed by atoms with Crippen molar-refractivity contribution in [1.82, 2.24) is 9.80 Å². The molecule has 1 saturated carbocycles. The number of hydrogen-bond acceptors (Lipinski definition) is 5. The maximum atomic E-state index is 13.1. The number of rotatable bonds is 4. The third-order valence-electron chi connectivity index (χ3n) is 6.95. The van der Waals surface area contributed by atoms with E-state index in [0.29, 0.717) is 28.8 Å². The van der Waals surface area contributed by atoms with Gasteiger partial charge in [0.15, 0.2) is 0 Å². The van der Waals surface area contributed by atoms with Crippen LogP contribution in [0.5, 0.6) is 0 Å². The van der Waals surface area contributed by atoms with E-state index in [1.807, 2.05) is 18.0 Å². The highest BCUT2D eigenvalue weighted by atomic mass is 35.5. The van der Waals surface area contributed by atoms with Crippen molar-refractivity contribution in [2.24, 2.45) is 0 Å². The Balaban J connectivity index is 0.000000555. The molecule has 1 aromatic carbocycles. The first-order valence-corrected chi connectivity index (χ1v) is 14.1. The number of amides is 1. The number of halogens is 2. The summed E-state index contributed by atoms with van der Waals surface area (Å²) in [4.78, 5) is 17.7. The second-order valence-corrected chi connectivity index (χ2v) is 11.7. The molecule has 0 unspecified atom stereocenters. The third kappa shape index (κ3) is 7.54. The predicted molar refractivity (Wildman–Crippen MR) is 131 cm³/mol. The van der Waals surface area contributed by atoms with Gasteiger partial charge >= 0.3 is 0 Å². The molecule has 2 saturated heterocycles. The summed E-state index contributed by atoms with van der Waals surface area (Å²) >= 11 is 12.1. The van der Waals surface area contributed by atoms with Gasteiger partial charge in [0.2, 0.25) is 5.91 Å². The molecule has 1 aromatic rings. The van der Waals surface area contributed by atoms with E-state index in [2.05, 4.69) is 4.90 Å². The number of likely N-dealkylation sites (N-methyl/N-ethyl adjacent to an activating group) is 1. The van der Waals surface area contributed by atoms with Crippen molar-refractivity contribution in [3.05, 3.63) is 33.8 Å². The summed E-state index contributed by atoms with van der Waals surface area (Å²) in [6.07, 6.45) is 9.08. The highest BCUT2D eigenvalue weighted by Gasteiger charge is 2.47. The molecular formula is C23H34Cl2N2O5S. The molecule has 3 fully saturated rings. The Hall–Kier alpha value is -0.900. The van der Waals surface area contributed by atoms with Crippen LogP contribution in [0, 0.1) is 0 Å². The number of carbonyl (C=O) groups excluding carboxylic acids is 1. The van der Waals surface area contributed by atoms with Crippen molar-refractivity contribution in [2.45, 2.75) is 69.1 Å². The van der Waals surface area contributed by atoms with Gasteiger partial charge in [-0.25, -0.2) is 0 Å². The Kier molecular flexibility index (Phi) is 9.08. The van der Waals surface area contributed by atoms with E-state index in [4.69, 9.17) is 32.5 Å². The van der Waals surface area contributed by atoms with Gasteiger partial charge in [-0.15, -0.1) is 0 Å². The number of ether oxygens (including phenoxy) is 1. The molecule has 3 aliphatic rings. The summed E-state index contributed by atoms with van der Waals surface area (Å²) in [6.45, 7) is 3.18. The molecule has 2 aliphatic heterocycles. The van der Waals surface area contributed by atoms with E-state index in [9.17, 15) is 13.2 Å². The number of carbonyl (C=O) groups is 1. The Morgan fingerprint density at radius 3 is 2.45 bits per heavy atom. The minimum atomic E-state index is -3.67. The van der Waals surface area contributed by atoms with Crippen LogP contribution in [0.2, 0.25) is 10.0 Å². The fraction of sp³-hybridized carbons (Fsp3) is 0.696. The highest BCUT2D eigenvalue weighted by Crippen LogP contribution is 2.43. The highest BCUT2D eigenvalue weighted by molar-refractivity contribution is 7.85. The van der Waals surface area contributed by atoms with E-state index in [0.717, 1.165) is 44.5 Å². The maximum absolute atomic E-state index is 13.1. The second kappa shape index (κ2) is 11.2. The van der Waals surface area contributed by atoms with Gasteiger partial charge in [0.1, 0.15) is 0 Å². The van der Waals surface area contributed by atoms with Crippen molar-refractivity contribution >= 4 is 39.2 Å². The molecule has 10 heteroatoms. The SMILES string of the molecule is CN(C(=O)Cc1ccc(Cl)c(Cl)c1)[C@H]1CC[C@@]2(CCCO2)C[C@@H]1N1CCCC1.CS(=O)(=O)O. The summed E-state index contributed by atoms with van der Waals surface area (Å²) in [5.74, 6) is 0.149. The van der Waals surface area contributed by atoms with Gasteiger partial charge in [-0.3, -0.25) is 14.2 Å². The van der Waals surface area contributed by atoms with E-state index in [1.54, 1.807) is 12.1 Å². The molecule has 1 aliphatic carbocycles. The molecule has 0 aromatic heterocycles. The number of hydrogen-bond donors (Lipinski definition) is 1. The molecule has 4 rings (SSSR count).